The van der Waals surface area contributed by atoms with E-state index in [1.807, 2.05) is 0 Å². The standard InChI is InChI=1S/C22H19FN4O2/c23-18-5-1-2-6-19(18)27-20-17(4-3-13-24-20)22(29)26-15-9-7-14(8-10-15)21(28)25-16-11-12-16/h1-10,13,16H,11-12H2,(H,24,27)(H,25,28)(H,26,29). The molecule has 2 amide bonds. The second kappa shape index (κ2) is 8.10. The maximum Gasteiger partial charge on any atom is 0.259 e. The Morgan fingerprint density at radius 1 is 0.931 bits per heavy atom. The quantitative estimate of drug-likeness (QED) is 0.592. The van der Waals surface area contributed by atoms with Crippen LogP contribution in [0.25, 0.3) is 0 Å². The smallest absolute Gasteiger partial charge is 0.259 e. The fourth-order valence-corrected chi connectivity index (χ4v) is 2.78. The summed E-state index contributed by atoms with van der Waals surface area (Å²) >= 11 is 0. The van der Waals surface area contributed by atoms with E-state index in [2.05, 4.69) is 20.9 Å². The molecule has 1 aliphatic carbocycles. The van der Waals surface area contributed by atoms with E-state index in [1.54, 1.807) is 54.6 Å². The van der Waals surface area contributed by atoms with Gasteiger partial charge in [-0.2, -0.15) is 0 Å². The summed E-state index contributed by atoms with van der Waals surface area (Å²) in [7, 11) is 0. The monoisotopic (exact) mass is 390 g/mol. The number of hydrogen-bond donors (Lipinski definition) is 3. The maximum atomic E-state index is 13.9. The minimum Gasteiger partial charge on any atom is -0.349 e. The number of para-hydroxylation sites is 1. The van der Waals surface area contributed by atoms with Crippen LogP contribution in [0.15, 0.2) is 66.9 Å². The predicted octanol–water partition coefficient (Wildman–Crippen LogP) is 4.11. The molecule has 1 aliphatic rings. The molecule has 4 rings (SSSR count). The van der Waals surface area contributed by atoms with Crippen molar-refractivity contribution < 1.29 is 14.0 Å². The highest BCUT2D eigenvalue weighted by molar-refractivity contribution is 6.08. The molecule has 0 atom stereocenters. The fourth-order valence-electron chi connectivity index (χ4n) is 2.78. The third kappa shape index (κ3) is 4.57. The van der Waals surface area contributed by atoms with E-state index < -0.39 is 11.7 Å². The second-order valence-electron chi connectivity index (χ2n) is 6.78. The molecule has 29 heavy (non-hydrogen) atoms. The molecule has 3 aromatic rings. The molecular weight excluding hydrogens is 371 g/mol. The van der Waals surface area contributed by atoms with Crippen molar-refractivity contribution in [3.05, 3.63) is 83.8 Å². The number of nitrogens with zero attached hydrogens (tertiary/aromatic N) is 1. The van der Waals surface area contributed by atoms with Gasteiger partial charge in [-0.25, -0.2) is 9.37 Å². The number of pyridine rings is 1. The summed E-state index contributed by atoms with van der Waals surface area (Å²) in [6, 6.07) is 16.3. The number of aromatic nitrogens is 1. The summed E-state index contributed by atoms with van der Waals surface area (Å²) < 4.78 is 13.9. The van der Waals surface area contributed by atoms with Gasteiger partial charge >= 0.3 is 0 Å². The van der Waals surface area contributed by atoms with Gasteiger partial charge < -0.3 is 16.0 Å². The van der Waals surface area contributed by atoms with Crippen LogP contribution in [0.2, 0.25) is 0 Å². The van der Waals surface area contributed by atoms with Crippen LogP contribution in [0.4, 0.5) is 21.6 Å². The molecule has 1 saturated carbocycles. The van der Waals surface area contributed by atoms with Gasteiger partial charge in [0.05, 0.1) is 11.3 Å². The van der Waals surface area contributed by atoms with Crippen molar-refractivity contribution in [3.63, 3.8) is 0 Å². The molecule has 7 heteroatoms. The Bertz CT molecular complexity index is 1050. The minimum absolute atomic E-state index is 0.117. The molecule has 1 fully saturated rings. The van der Waals surface area contributed by atoms with E-state index in [-0.39, 0.29) is 29.0 Å². The number of carbonyl (C=O) groups excluding carboxylic acids is 2. The van der Waals surface area contributed by atoms with Crippen LogP contribution < -0.4 is 16.0 Å². The van der Waals surface area contributed by atoms with Gasteiger partial charge in [-0.1, -0.05) is 12.1 Å². The number of benzene rings is 2. The van der Waals surface area contributed by atoms with E-state index >= 15 is 0 Å². The zero-order valence-corrected chi connectivity index (χ0v) is 15.5. The number of halogens is 1. The predicted molar refractivity (Wildman–Crippen MR) is 109 cm³/mol. The summed E-state index contributed by atoms with van der Waals surface area (Å²) in [6.45, 7) is 0. The second-order valence-corrected chi connectivity index (χ2v) is 6.78. The third-order valence-corrected chi connectivity index (χ3v) is 4.50. The highest BCUT2D eigenvalue weighted by Gasteiger charge is 2.23. The lowest BCUT2D eigenvalue weighted by Gasteiger charge is -2.12. The zero-order chi connectivity index (χ0) is 20.2. The molecule has 2 aromatic carbocycles. The van der Waals surface area contributed by atoms with Crippen LogP contribution in [-0.4, -0.2) is 22.8 Å². The molecular formula is C22H19FN4O2. The zero-order valence-electron chi connectivity index (χ0n) is 15.5. The average Bonchev–Trinajstić information content (AvgIpc) is 3.54. The largest absolute Gasteiger partial charge is 0.349 e. The normalized spacial score (nSPS) is 12.9. The van der Waals surface area contributed by atoms with Crippen LogP contribution in [0.3, 0.4) is 0 Å². The Morgan fingerprint density at radius 2 is 1.69 bits per heavy atom. The van der Waals surface area contributed by atoms with Crippen molar-refractivity contribution in [2.24, 2.45) is 0 Å². The van der Waals surface area contributed by atoms with Crippen molar-refractivity contribution in [3.8, 4) is 0 Å². The topological polar surface area (TPSA) is 83.1 Å². The number of nitrogens with one attached hydrogen (secondary N) is 3. The van der Waals surface area contributed by atoms with Gasteiger partial charge in [-0.05, 0) is 61.4 Å². The van der Waals surface area contributed by atoms with E-state index in [9.17, 15) is 14.0 Å². The first-order valence-corrected chi connectivity index (χ1v) is 9.29. The van der Waals surface area contributed by atoms with Crippen LogP contribution in [0.5, 0.6) is 0 Å². The van der Waals surface area contributed by atoms with Gasteiger partial charge in [-0.3, -0.25) is 9.59 Å². The van der Waals surface area contributed by atoms with Crippen molar-refractivity contribution >= 4 is 29.0 Å². The van der Waals surface area contributed by atoms with Gasteiger partial charge in [0.1, 0.15) is 11.6 Å². The van der Waals surface area contributed by atoms with E-state index in [0.29, 0.717) is 11.3 Å². The number of rotatable bonds is 6. The molecule has 0 saturated heterocycles. The average molecular weight is 390 g/mol. The van der Waals surface area contributed by atoms with Gasteiger partial charge in [0.2, 0.25) is 0 Å². The highest BCUT2D eigenvalue weighted by atomic mass is 19.1. The first-order valence-electron chi connectivity index (χ1n) is 9.29. The van der Waals surface area contributed by atoms with Crippen molar-refractivity contribution in [1.82, 2.24) is 10.3 Å². The van der Waals surface area contributed by atoms with Gasteiger partial charge in [0.15, 0.2) is 0 Å². The van der Waals surface area contributed by atoms with Gasteiger partial charge in [-0.15, -0.1) is 0 Å². The third-order valence-electron chi connectivity index (χ3n) is 4.50. The molecule has 0 spiro atoms. The number of carbonyl (C=O) groups is 2. The molecule has 0 radical (unpaired) electrons. The summed E-state index contributed by atoms with van der Waals surface area (Å²) in [6.07, 6.45) is 3.57. The van der Waals surface area contributed by atoms with Crippen LogP contribution >= 0.6 is 0 Å². The lowest BCUT2D eigenvalue weighted by Crippen LogP contribution is -2.25. The Morgan fingerprint density at radius 3 is 2.41 bits per heavy atom. The van der Waals surface area contributed by atoms with Crippen molar-refractivity contribution in [2.75, 3.05) is 10.6 Å². The van der Waals surface area contributed by atoms with Crippen molar-refractivity contribution in [2.45, 2.75) is 18.9 Å². The van der Waals surface area contributed by atoms with E-state index in [0.717, 1.165) is 12.8 Å². The number of anilines is 3. The first-order chi connectivity index (χ1) is 14.1. The van der Waals surface area contributed by atoms with E-state index in [4.69, 9.17) is 0 Å². The Kier molecular flexibility index (Phi) is 5.20. The molecule has 146 valence electrons. The molecule has 6 nitrogen and oxygen atoms in total. The Hall–Kier alpha value is -3.74. The van der Waals surface area contributed by atoms with Crippen LogP contribution in [0, 0.1) is 5.82 Å². The lowest BCUT2D eigenvalue weighted by molar-refractivity contribution is 0.0950. The SMILES string of the molecule is O=C(NC1CC1)c1ccc(NC(=O)c2cccnc2Nc2ccccc2F)cc1. The summed E-state index contributed by atoms with van der Waals surface area (Å²) in [5.41, 5.74) is 1.58. The summed E-state index contributed by atoms with van der Waals surface area (Å²) in [5, 5.41) is 8.55. The Balaban J connectivity index is 1.47. The molecule has 0 bridgehead atoms. The molecule has 0 aliphatic heterocycles. The number of hydrogen-bond acceptors (Lipinski definition) is 4. The number of amides is 2. The Labute approximate surface area is 167 Å². The fraction of sp³-hybridized carbons (Fsp3) is 0.136. The summed E-state index contributed by atoms with van der Waals surface area (Å²) in [4.78, 5) is 28.9. The maximum absolute atomic E-state index is 13.9. The van der Waals surface area contributed by atoms with Crippen LogP contribution in [-0.2, 0) is 0 Å². The van der Waals surface area contributed by atoms with Crippen LogP contribution in [0.1, 0.15) is 33.6 Å². The molecule has 3 N–H and O–H groups in total. The van der Waals surface area contributed by atoms with Gasteiger partial charge in [0, 0.05) is 23.5 Å². The lowest BCUT2D eigenvalue weighted by atomic mass is 10.1. The molecule has 1 aromatic heterocycles. The van der Waals surface area contributed by atoms with E-state index in [1.165, 1.54) is 12.3 Å². The summed E-state index contributed by atoms with van der Waals surface area (Å²) in [5.74, 6) is -0.707. The minimum atomic E-state index is -0.440. The highest BCUT2D eigenvalue weighted by Crippen LogP contribution is 2.22. The molecule has 0 unspecified atom stereocenters. The molecule has 1 heterocycles. The first kappa shape index (κ1) is 18.6. The van der Waals surface area contributed by atoms with Crippen molar-refractivity contribution in [1.29, 1.82) is 0 Å². The van der Waals surface area contributed by atoms with Gasteiger partial charge in [0.25, 0.3) is 11.8 Å².